The summed E-state index contributed by atoms with van der Waals surface area (Å²) in [4.78, 5) is 21.4. The van der Waals surface area contributed by atoms with E-state index in [4.69, 9.17) is 0 Å². The van der Waals surface area contributed by atoms with Gasteiger partial charge in [0.15, 0.2) is 0 Å². The third-order valence-corrected chi connectivity index (χ3v) is 1.95. The van der Waals surface area contributed by atoms with Crippen LogP contribution in [0.25, 0.3) is 0 Å². The standard InChI is InChI=1S/C10H13N3O3/c1-7(2)10(14)12-11-8-5-3-4-6-9(8)13(15)16/h3-7,11H,1-2H3,(H,12,14). The number of hydrazine groups is 1. The number of hydrogen-bond donors (Lipinski definition) is 2. The lowest BCUT2D eigenvalue weighted by molar-refractivity contribution is -0.384. The molecule has 86 valence electrons. The highest BCUT2D eigenvalue weighted by Crippen LogP contribution is 2.22. The van der Waals surface area contributed by atoms with Crippen molar-refractivity contribution in [3.05, 3.63) is 34.4 Å². The van der Waals surface area contributed by atoms with E-state index in [1.165, 1.54) is 12.1 Å². The van der Waals surface area contributed by atoms with Crippen molar-refractivity contribution in [2.45, 2.75) is 13.8 Å². The van der Waals surface area contributed by atoms with Gasteiger partial charge in [-0.3, -0.25) is 25.8 Å². The molecule has 0 bridgehead atoms. The molecule has 0 aliphatic heterocycles. The van der Waals surface area contributed by atoms with E-state index in [2.05, 4.69) is 10.9 Å². The van der Waals surface area contributed by atoms with Crippen molar-refractivity contribution >= 4 is 17.3 Å². The SMILES string of the molecule is CC(C)C(=O)NNc1ccccc1[N+](=O)[O-]. The molecule has 0 unspecified atom stereocenters. The quantitative estimate of drug-likeness (QED) is 0.601. The molecule has 16 heavy (non-hydrogen) atoms. The predicted molar refractivity (Wildman–Crippen MR) is 59.7 cm³/mol. The van der Waals surface area contributed by atoms with Crippen LogP contribution in [0.15, 0.2) is 24.3 Å². The Morgan fingerprint density at radius 1 is 1.38 bits per heavy atom. The van der Waals surface area contributed by atoms with E-state index in [9.17, 15) is 14.9 Å². The number of nitro groups is 1. The molecule has 0 atom stereocenters. The van der Waals surface area contributed by atoms with Crippen LogP contribution in [0.1, 0.15) is 13.8 Å². The van der Waals surface area contributed by atoms with Crippen LogP contribution in [0.5, 0.6) is 0 Å². The summed E-state index contributed by atoms with van der Waals surface area (Å²) in [6.07, 6.45) is 0. The van der Waals surface area contributed by atoms with E-state index in [-0.39, 0.29) is 23.2 Å². The van der Waals surface area contributed by atoms with Gasteiger partial charge in [-0.05, 0) is 6.07 Å². The first-order valence-corrected chi connectivity index (χ1v) is 4.81. The minimum Gasteiger partial charge on any atom is -0.292 e. The molecule has 2 N–H and O–H groups in total. The fraction of sp³-hybridized carbons (Fsp3) is 0.300. The highest BCUT2D eigenvalue weighted by molar-refractivity contribution is 5.79. The van der Waals surface area contributed by atoms with Gasteiger partial charge in [-0.25, -0.2) is 0 Å². The normalized spacial score (nSPS) is 9.94. The first-order chi connectivity index (χ1) is 7.52. The van der Waals surface area contributed by atoms with Crippen LogP contribution in [0.3, 0.4) is 0 Å². The Bertz CT molecular complexity index is 404. The summed E-state index contributed by atoms with van der Waals surface area (Å²) in [5.41, 5.74) is 5.12. The lowest BCUT2D eigenvalue weighted by Gasteiger charge is -2.10. The third kappa shape index (κ3) is 2.94. The van der Waals surface area contributed by atoms with E-state index in [1.807, 2.05) is 0 Å². The first-order valence-electron chi connectivity index (χ1n) is 4.81. The van der Waals surface area contributed by atoms with Crippen molar-refractivity contribution < 1.29 is 9.72 Å². The Kier molecular flexibility index (Phi) is 3.82. The highest BCUT2D eigenvalue weighted by atomic mass is 16.6. The zero-order chi connectivity index (χ0) is 12.1. The van der Waals surface area contributed by atoms with E-state index in [1.54, 1.807) is 26.0 Å². The van der Waals surface area contributed by atoms with Gasteiger partial charge in [0.1, 0.15) is 5.69 Å². The molecule has 0 saturated heterocycles. The van der Waals surface area contributed by atoms with Crippen LogP contribution in [0.4, 0.5) is 11.4 Å². The maximum Gasteiger partial charge on any atom is 0.294 e. The largest absolute Gasteiger partial charge is 0.294 e. The number of nitrogens with zero attached hydrogens (tertiary/aromatic N) is 1. The number of hydrogen-bond acceptors (Lipinski definition) is 4. The van der Waals surface area contributed by atoms with Crippen LogP contribution in [0, 0.1) is 16.0 Å². The summed E-state index contributed by atoms with van der Waals surface area (Å²) < 4.78 is 0. The molecule has 6 heteroatoms. The summed E-state index contributed by atoms with van der Waals surface area (Å²) >= 11 is 0. The zero-order valence-corrected chi connectivity index (χ0v) is 9.06. The van der Waals surface area contributed by atoms with Crippen LogP contribution >= 0.6 is 0 Å². The van der Waals surface area contributed by atoms with Crippen molar-refractivity contribution in [1.82, 2.24) is 5.43 Å². The van der Waals surface area contributed by atoms with Gasteiger partial charge in [0.05, 0.1) is 4.92 Å². The number of amides is 1. The number of nitrogens with one attached hydrogen (secondary N) is 2. The molecular formula is C10H13N3O3. The Morgan fingerprint density at radius 2 is 2.00 bits per heavy atom. The Morgan fingerprint density at radius 3 is 2.56 bits per heavy atom. The fourth-order valence-corrected chi connectivity index (χ4v) is 1.01. The second kappa shape index (κ2) is 5.11. The van der Waals surface area contributed by atoms with Gasteiger partial charge < -0.3 is 0 Å². The van der Waals surface area contributed by atoms with Gasteiger partial charge in [0.2, 0.25) is 5.91 Å². The van der Waals surface area contributed by atoms with Gasteiger partial charge in [0, 0.05) is 12.0 Å². The molecule has 6 nitrogen and oxygen atoms in total. The van der Waals surface area contributed by atoms with E-state index in [0.29, 0.717) is 0 Å². The Labute approximate surface area is 92.8 Å². The summed E-state index contributed by atoms with van der Waals surface area (Å²) in [6, 6.07) is 6.10. The summed E-state index contributed by atoms with van der Waals surface area (Å²) in [5, 5.41) is 10.7. The van der Waals surface area contributed by atoms with Gasteiger partial charge in [-0.15, -0.1) is 0 Å². The lowest BCUT2D eigenvalue weighted by atomic mass is 10.2. The summed E-state index contributed by atoms with van der Waals surface area (Å²) in [5.74, 6) is -0.409. The number of para-hydroxylation sites is 2. The predicted octanol–water partition coefficient (Wildman–Crippen LogP) is 1.69. The van der Waals surface area contributed by atoms with Crippen LogP contribution < -0.4 is 10.9 Å². The summed E-state index contributed by atoms with van der Waals surface area (Å²) in [6.45, 7) is 3.47. The van der Waals surface area contributed by atoms with Crippen molar-refractivity contribution in [3.63, 3.8) is 0 Å². The van der Waals surface area contributed by atoms with E-state index < -0.39 is 4.92 Å². The number of carbonyl (C=O) groups excluding carboxylic acids is 1. The van der Waals surface area contributed by atoms with Crippen molar-refractivity contribution in [2.75, 3.05) is 5.43 Å². The van der Waals surface area contributed by atoms with Crippen molar-refractivity contribution in [1.29, 1.82) is 0 Å². The Hall–Kier alpha value is -2.11. The second-order valence-electron chi connectivity index (χ2n) is 3.54. The molecule has 0 aliphatic carbocycles. The number of rotatable bonds is 4. The fourth-order valence-electron chi connectivity index (χ4n) is 1.01. The number of benzene rings is 1. The molecule has 0 aliphatic rings. The maximum absolute atomic E-state index is 11.3. The van der Waals surface area contributed by atoms with Crippen LogP contribution in [-0.4, -0.2) is 10.8 Å². The number of anilines is 1. The molecule has 0 heterocycles. The molecule has 0 spiro atoms. The average molecular weight is 223 g/mol. The molecule has 1 rings (SSSR count). The monoisotopic (exact) mass is 223 g/mol. The van der Waals surface area contributed by atoms with Gasteiger partial charge >= 0.3 is 0 Å². The summed E-state index contributed by atoms with van der Waals surface area (Å²) in [7, 11) is 0. The second-order valence-corrected chi connectivity index (χ2v) is 3.54. The minimum absolute atomic E-state index is 0.0773. The van der Waals surface area contributed by atoms with E-state index in [0.717, 1.165) is 0 Å². The van der Waals surface area contributed by atoms with Crippen LogP contribution in [0.2, 0.25) is 0 Å². The molecule has 0 saturated carbocycles. The first kappa shape index (κ1) is 12.0. The molecular weight excluding hydrogens is 210 g/mol. The highest BCUT2D eigenvalue weighted by Gasteiger charge is 2.13. The van der Waals surface area contributed by atoms with Gasteiger partial charge in [-0.2, -0.15) is 0 Å². The minimum atomic E-state index is -0.510. The smallest absolute Gasteiger partial charge is 0.292 e. The van der Waals surface area contributed by atoms with Gasteiger partial charge in [-0.1, -0.05) is 26.0 Å². The number of carbonyl (C=O) groups is 1. The molecule has 0 fully saturated rings. The van der Waals surface area contributed by atoms with E-state index >= 15 is 0 Å². The molecule has 0 aromatic heterocycles. The average Bonchev–Trinajstić information content (AvgIpc) is 2.25. The van der Waals surface area contributed by atoms with Crippen molar-refractivity contribution in [3.8, 4) is 0 Å². The molecule has 1 aromatic rings. The molecule has 0 radical (unpaired) electrons. The van der Waals surface area contributed by atoms with Crippen LogP contribution in [-0.2, 0) is 4.79 Å². The van der Waals surface area contributed by atoms with Crippen molar-refractivity contribution in [2.24, 2.45) is 5.92 Å². The Balaban J connectivity index is 2.74. The molecule has 1 amide bonds. The number of nitro benzene ring substituents is 1. The van der Waals surface area contributed by atoms with Gasteiger partial charge in [0.25, 0.3) is 5.69 Å². The lowest BCUT2D eigenvalue weighted by Crippen LogP contribution is -2.33. The molecule has 1 aromatic carbocycles. The third-order valence-electron chi connectivity index (χ3n) is 1.95. The maximum atomic E-state index is 11.3. The zero-order valence-electron chi connectivity index (χ0n) is 9.06. The topological polar surface area (TPSA) is 84.3 Å².